The maximum Gasteiger partial charge on any atom is 0.223 e. The second-order valence-corrected chi connectivity index (χ2v) is 4.85. The van der Waals surface area contributed by atoms with Crippen LogP contribution in [0.5, 0.6) is 0 Å². The zero-order valence-corrected chi connectivity index (χ0v) is 8.83. The normalized spacial score (nSPS) is 34.1. The van der Waals surface area contributed by atoms with E-state index < -0.39 is 0 Å². The average molecular weight is 196 g/mol. The Balaban J connectivity index is 1.78. The first-order valence-electron chi connectivity index (χ1n) is 5.74. The Bertz CT molecular complexity index is 223. The lowest BCUT2D eigenvalue weighted by molar-refractivity contribution is -0.126. The molecule has 0 aromatic carbocycles. The first-order valence-corrected chi connectivity index (χ1v) is 5.74. The molecule has 3 atom stereocenters. The number of rotatable bonds is 3. The van der Waals surface area contributed by atoms with E-state index in [1.807, 2.05) is 0 Å². The van der Waals surface area contributed by atoms with Crippen LogP contribution >= 0.6 is 0 Å². The van der Waals surface area contributed by atoms with Gasteiger partial charge < -0.3 is 11.1 Å². The smallest absolute Gasteiger partial charge is 0.223 e. The van der Waals surface area contributed by atoms with Gasteiger partial charge in [0, 0.05) is 18.0 Å². The SMILES string of the molecule is CC(C(=O)NC1CC1N)C1CCCC1. The lowest BCUT2D eigenvalue weighted by Gasteiger charge is -2.18. The fraction of sp³-hybridized carbons (Fsp3) is 0.909. The van der Waals surface area contributed by atoms with Crippen molar-refractivity contribution in [3.8, 4) is 0 Å². The molecule has 2 aliphatic rings. The third kappa shape index (κ3) is 2.08. The Hall–Kier alpha value is -0.570. The molecule has 0 bridgehead atoms. The third-order valence-corrected chi connectivity index (χ3v) is 3.69. The fourth-order valence-electron chi connectivity index (χ4n) is 2.37. The van der Waals surface area contributed by atoms with E-state index in [0.717, 1.165) is 6.42 Å². The van der Waals surface area contributed by atoms with Crippen LogP contribution in [-0.2, 0) is 4.79 Å². The van der Waals surface area contributed by atoms with Crippen LogP contribution in [0.3, 0.4) is 0 Å². The van der Waals surface area contributed by atoms with Crippen LogP contribution in [0.2, 0.25) is 0 Å². The number of hydrogen-bond acceptors (Lipinski definition) is 2. The predicted molar refractivity (Wildman–Crippen MR) is 55.6 cm³/mol. The summed E-state index contributed by atoms with van der Waals surface area (Å²) in [6.45, 7) is 2.05. The highest BCUT2D eigenvalue weighted by Crippen LogP contribution is 2.31. The molecule has 3 N–H and O–H groups in total. The third-order valence-electron chi connectivity index (χ3n) is 3.69. The summed E-state index contributed by atoms with van der Waals surface area (Å²) in [5.41, 5.74) is 5.65. The zero-order chi connectivity index (χ0) is 10.1. The second-order valence-electron chi connectivity index (χ2n) is 4.85. The number of amides is 1. The second kappa shape index (κ2) is 3.89. The van der Waals surface area contributed by atoms with Crippen molar-refractivity contribution in [3.05, 3.63) is 0 Å². The van der Waals surface area contributed by atoms with E-state index in [-0.39, 0.29) is 23.9 Å². The standard InChI is InChI=1S/C11H20N2O/c1-7(8-4-2-3-5-8)11(14)13-10-6-9(10)12/h7-10H,2-6,12H2,1H3,(H,13,14). The Kier molecular flexibility index (Phi) is 2.77. The summed E-state index contributed by atoms with van der Waals surface area (Å²) >= 11 is 0. The first-order chi connectivity index (χ1) is 6.68. The van der Waals surface area contributed by atoms with E-state index in [0.29, 0.717) is 5.92 Å². The zero-order valence-electron chi connectivity index (χ0n) is 8.83. The van der Waals surface area contributed by atoms with Gasteiger partial charge in [0.25, 0.3) is 0 Å². The van der Waals surface area contributed by atoms with E-state index in [1.54, 1.807) is 0 Å². The molecule has 0 aromatic heterocycles. The molecule has 3 nitrogen and oxygen atoms in total. The molecule has 14 heavy (non-hydrogen) atoms. The Morgan fingerprint density at radius 1 is 1.43 bits per heavy atom. The van der Waals surface area contributed by atoms with Crippen molar-refractivity contribution >= 4 is 5.91 Å². The molecule has 1 amide bonds. The van der Waals surface area contributed by atoms with Gasteiger partial charge in [-0.3, -0.25) is 4.79 Å². The van der Waals surface area contributed by atoms with Gasteiger partial charge in [0.1, 0.15) is 0 Å². The number of nitrogens with one attached hydrogen (secondary N) is 1. The van der Waals surface area contributed by atoms with Crippen LogP contribution < -0.4 is 11.1 Å². The highest BCUT2D eigenvalue weighted by Gasteiger charge is 2.37. The monoisotopic (exact) mass is 196 g/mol. The molecule has 0 heterocycles. The molecule has 3 heteroatoms. The molecule has 3 unspecified atom stereocenters. The number of hydrogen-bond donors (Lipinski definition) is 2. The van der Waals surface area contributed by atoms with E-state index in [9.17, 15) is 4.79 Å². The van der Waals surface area contributed by atoms with Crippen LogP contribution in [0.15, 0.2) is 0 Å². The molecule has 0 radical (unpaired) electrons. The van der Waals surface area contributed by atoms with Crippen molar-refractivity contribution in [2.24, 2.45) is 17.6 Å². The molecule has 0 saturated heterocycles. The van der Waals surface area contributed by atoms with Crippen LogP contribution in [-0.4, -0.2) is 18.0 Å². The highest BCUT2D eigenvalue weighted by atomic mass is 16.2. The van der Waals surface area contributed by atoms with Gasteiger partial charge in [0.15, 0.2) is 0 Å². The van der Waals surface area contributed by atoms with Crippen molar-refractivity contribution in [1.82, 2.24) is 5.32 Å². The Morgan fingerprint density at radius 2 is 2.00 bits per heavy atom. The predicted octanol–water partition coefficient (Wildman–Crippen LogP) is 1.03. The van der Waals surface area contributed by atoms with Crippen LogP contribution in [0.25, 0.3) is 0 Å². The largest absolute Gasteiger partial charge is 0.352 e. The average Bonchev–Trinajstić information content (AvgIpc) is 2.72. The summed E-state index contributed by atoms with van der Waals surface area (Å²) < 4.78 is 0. The van der Waals surface area contributed by atoms with Gasteiger partial charge in [-0.2, -0.15) is 0 Å². The van der Waals surface area contributed by atoms with Crippen LogP contribution in [0.1, 0.15) is 39.0 Å². The highest BCUT2D eigenvalue weighted by molar-refractivity contribution is 5.79. The van der Waals surface area contributed by atoms with Gasteiger partial charge in [0.2, 0.25) is 5.91 Å². The summed E-state index contributed by atoms with van der Waals surface area (Å²) in [5, 5.41) is 3.02. The number of carbonyl (C=O) groups excluding carboxylic acids is 1. The molecule has 2 rings (SSSR count). The van der Waals surface area contributed by atoms with E-state index in [4.69, 9.17) is 5.73 Å². The molecular weight excluding hydrogens is 176 g/mol. The minimum atomic E-state index is 0.185. The van der Waals surface area contributed by atoms with E-state index in [2.05, 4.69) is 12.2 Å². The number of carbonyl (C=O) groups is 1. The molecule has 2 fully saturated rings. The van der Waals surface area contributed by atoms with Gasteiger partial charge in [-0.1, -0.05) is 19.8 Å². The van der Waals surface area contributed by atoms with Crippen molar-refractivity contribution in [2.75, 3.05) is 0 Å². The van der Waals surface area contributed by atoms with Gasteiger partial charge in [-0.25, -0.2) is 0 Å². The fourth-order valence-corrected chi connectivity index (χ4v) is 2.37. The van der Waals surface area contributed by atoms with Crippen LogP contribution in [0.4, 0.5) is 0 Å². The maximum absolute atomic E-state index is 11.8. The number of nitrogens with two attached hydrogens (primary N) is 1. The summed E-state index contributed by atoms with van der Waals surface area (Å²) in [4.78, 5) is 11.8. The summed E-state index contributed by atoms with van der Waals surface area (Å²) in [6.07, 6.45) is 6.01. The Morgan fingerprint density at radius 3 is 2.50 bits per heavy atom. The van der Waals surface area contributed by atoms with Gasteiger partial charge >= 0.3 is 0 Å². The molecular formula is C11H20N2O. The molecule has 2 aliphatic carbocycles. The van der Waals surface area contributed by atoms with Crippen molar-refractivity contribution in [2.45, 2.75) is 51.1 Å². The molecule has 0 spiro atoms. The van der Waals surface area contributed by atoms with Crippen molar-refractivity contribution < 1.29 is 4.79 Å². The molecule has 80 valence electrons. The molecule has 0 aliphatic heterocycles. The first kappa shape index (κ1) is 9.97. The lowest BCUT2D eigenvalue weighted by atomic mass is 9.92. The Labute approximate surface area is 85.4 Å². The van der Waals surface area contributed by atoms with Gasteiger partial charge in [-0.15, -0.1) is 0 Å². The minimum Gasteiger partial charge on any atom is -0.352 e. The molecule has 2 saturated carbocycles. The van der Waals surface area contributed by atoms with Gasteiger partial charge in [0.05, 0.1) is 0 Å². The maximum atomic E-state index is 11.8. The van der Waals surface area contributed by atoms with Gasteiger partial charge in [-0.05, 0) is 25.2 Å². The van der Waals surface area contributed by atoms with Crippen molar-refractivity contribution in [1.29, 1.82) is 0 Å². The molecule has 0 aromatic rings. The van der Waals surface area contributed by atoms with E-state index in [1.165, 1.54) is 25.7 Å². The van der Waals surface area contributed by atoms with E-state index >= 15 is 0 Å². The summed E-state index contributed by atoms with van der Waals surface area (Å²) in [5.74, 6) is 1.02. The van der Waals surface area contributed by atoms with Crippen LogP contribution in [0, 0.1) is 11.8 Å². The quantitative estimate of drug-likeness (QED) is 0.708. The minimum absolute atomic E-state index is 0.185. The topological polar surface area (TPSA) is 55.1 Å². The van der Waals surface area contributed by atoms with Crippen molar-refractivity contribution in [3.63, 3.8) is 0 Å². The summed E-state index contributed by atoms with van der Waals surface area (Å²) in [6, 6.07) is 0.487. The lowest BCUT2D eigenvalue weighted by Crippen LogP contribution is -2.36. The summed E-state index contributed by atoms with van der Waals surface area (Å²) in [7, 11) is 0.